The second-order valence-corrected chi connectivity index (χ2v) is 10.4. The number of carbonyl (C=O) groups excluding carboxylic acids is 3. The first-order chi connectivity index (χ1) is 19.6. The van der Waals surface area contributed by atoms with Gasteiger partial charge in [0.1, 0.15) is 17.7 Å². The summed E-state index contributed by atoms with van der Waals surface area (Å²) in [5.74, 6) is -0.839. The number of amides is 4. The van der Waals surface area contributed by atoms with Gasteiger partial charge < -0.3 is 30.3 Å². The molecule has 0 spiro atoms. The number of ether oxygens (including phenoxy) is 1. The summed E-state index contributed by atoms with van der Waals surface area (Å²) in [6.45, 7) is 3.92. The third-order valence-corrected chi connectivity index (χ3v) is 7.05. The van der Waals surface area contributed by atoms with Crippen LogP contribution in [0.25, 0.3) is 0 Å². The number of likely N-dealkylation sites (N-methyl/N-ethyl adjacent to an activating group) is 1. The molecule has 3 N–H and O–H groups in total. The summed E-state index contributed by atoms with van der Waals surface area (Å²) in [5, 5.41) is 15.5. The lowest BCUT2D eigenvalue weighted by Gasteiger charge is -2.38. The third kappa shape index (κ3) is 7.61. The summed E-state index contributed by atoms with van der Waals surface area (Å²) >= 11 is 0. The van der Waals surface area contributed by atoms with E-state index in [-0.39, 0.29) is 49.4 Å². The van der Waals surface area contributed by atoms with Crippen molar-refractivity contribution in [2.75, 3.05) is 37.4 Å². The molecule has 1 aliphatic rings. The smallest absolute Gasteiger partial charge is 0.321 e. The van der Waals surface area contributed by atoms with Crippen molar-refractivity contribution in [2.45, 2.75) is 32.4 Å². The Morgan fingerprint density at radius 3 is 2.44 bits per heavy atom. The number of carbonyl (C=O) groups is 3. The van der Waals surface area contributed by atoms with Gasteiger partial charge in [-0.1, -0.05) is 37.3 Å². The van der Waals surface area contributed by atoms with Crippen LogP contribution in [-0.4, -0.2) is 71.6 Å². The van der Waals surface area contributed by atoms with E-state index in [2.05, 4.69) is 10.6 Å². The fourth-order valence-corrected chi connectivity index (χ4v) is 4.61. The molecule has 3 aromatic rings. The summed E-state index contributed by atoms with van der Waals surface area (Å²) in [6, 6.07) is 18.8. The molecule has 1 aliphatic heterocycles. The molecular formula is C31H35FN4O5. The molecule has 0 radical (unpaired) electrons. The number of rotatable bonds is 8. The lowest BCUT2D eigenvalue weighted by Crippen LogP contribution is -2.50. The predicted molar refractivity (Wildman–Crippen MR) is 154 cm³/mol. The molecule has 3 atom stereocenters. The monoisotopic (exact) mass is 562 g/mol. The molecule has 3 aromatic carbocycles. The highest BCUT2D eigenvalue weighted by molar-refractivity contribution is 6.00. The van der Waals surface area contributed by atoms with Gasteiger partial charge >= 0.3 is 6.03 Å². The molecule has 216 valence electrons. The van der Waals surface area contributed by atoms with Crippen LogP contribution < -0.4 is 15.4 Å². The number of hydrogen-bond donors (Lipinski definition) is 3. The molecule has 0 bridgehead atoms. The van der Waals surface area contributed by atoms with Gasteiger partial charge in [0.2, 0.25) is 5.91 Å². The Morgan fingerprint density at radius 2 is 1.76 bits per heavy atom. The van der Waals surface area contributed by atoms with E-state index in [9.17, 15) is 23.9 Å². The summed E-state index contributed by atoms with van der Waals surface area (Å²) in [7, 11) is 1.62. The SMILES string of the molecule is C[C@@H]1CN([C@@H](C)CO)C(=O)c2cc(NC(=O)Cc3ccccc3)ccc2O[C@H]1CN(C)C(=O)Nc1ccc(F)cc1. The number of fused-ring (bicyclic) bond motifs is 1. The van der Waals surface area contributed by atoms with Crippen LogP contribution in [0.1, 0.15) is 29.8 Å². The lowest BCUT2D eigenvalue weighted by atomic mass is 9.99. The second-order valence-electron chi connectivity index (χ2n) is 10.4. The third-order valence-electron chi connectivity index (χ3n) is 7.05. The fraction of sp³-hybridized carbons (Fsp3) is 0.323. The molecule has 0 fully saturated rings. The topological polar surface area (TPSA) is 111 Å². The highest BCUT2D eigenvalue weighted by Crippen LogP contribution is 2.31. The first-order valence-corrected chi connectivity index (χ1v) is 13.5. The molecule has 0 unspecified atom stereocenters. The van der Waals surface area contributed by atoms with Crippen LogP contribution in [0.5, 0.6) is 5.75 Å². The van der Waals surface area contributed by atoms with Crippen molar-refractivity contribution in [3.05, 3.63) is 89.7 Å². The number of nitrogens with zero attached hydrogens (tertiary/aromatic N) is 2. The van der Waals surface area contributed by atoms with Gasteiger partial charge in [-0.05, 0) is 55.0 Å². The molecule has 0 aliphatic carbocycles. The molecule has 0 aromatic heterocycles. The second kappa shape index (κ2) is 13.3. The van der Waals surface area contributed by atoms with Crippen LogP contribution in [0, 0.1) is 11.7 Å². The van der Waals surface area contributed by atoms with Gasteiger partial charge in [-0.3, -0.25) is 9.59 Å². The number of halogens is 1. The van der Waals surface area contributed by atoms with Crippen LogP contribution in [0.3, 0.4) is 0 Å². The van der Waals surface area contributed by atoms with E-state index < -0.39 is 24.0 Å². The number of urea groups is 1. The standard InChI is InChI=1S/C31H35FN4O5/c1-20-17-36(21(2)19-37)30(39)26-16-25(33-29(38)15-22-7-5-4-6-8-22)13-14-27(26)41-28(20)18-35(3)31(40)34-24-11-9-23(32)10-12-24/h4-14,16,20-21,28,37H,15,17-19H2,1-3H3,(H,33,38)(H,34,40)/t20-,21+,28+/m1/s1. The van der Waals surface area contributed by atoms with E-state index in [1.807, 2.05) is 37.3 Å². The molecule has 10 heteroatoms. The normalized spacial score (nSPS) is 17.4. The molecule has 0 saturated heterocycles. The largest absolute Gasteiger partial charge is 0.487 e. The number of hydrogen-bond acceptors (Lipinski definition) is 5. The van der Waals surface area contributed by atoms with Gasteiger partial charge in [0.15, 0.2) is 0 Å². The first kappa shape index (κ1) is 29.5. The molecule has 41 heavy (non-hydrogen) atoms. The minimum Gasteiger partial charge on any atom is -0.487 e. The van der Waals surface area contributed by atoms with E-state index in [0.717, 1.165) is 5.56 Å². The molecule has 9 nitrogen and oxygen atoms in total. The van der Waals surface area contributed by atoms with Gasteiger partial charge in [0.05, 0.1) is 31.2 Å². The highest BCUT2D eigenvalue weighted by Gasteiger charge is 2.34. The quantitative estimate of drug-likeness (QED) is 0.377. The zero-order valence-corrected chi connectivity index (χ0v) is 23.3. The van der Waals surface area contributed by atoms with E-state index in [4.69, 9.17) is 4.74 Å². The number of anilines is 2. The first-order valence-electron chi connectivity index (χ1n) is 13.5. The average Bonchev–Trinajstić information content (AvgIpc) is 2.96. The summed E-state index contributed by atoms with van der Waals surface area (Å²) < 4.78 is 19.6. The van der Waals surface area contributed by atoms with Crippen molar-refractivity contribution >= 4 is 29.2 Å². The maximum Gasteiger partial charge on any atom is 0.321 e. The van der Waals surface area contributed by atoms with Gasteiger partial charge in [-0.2, -0.15) is 0 Å². The molecule has 4 rings (SSSR count). The maximum atomic E-state index is 13.6. The molecule has 4 amide bonds. The maximum absolute atomic E-state index is 13.6. The van der Waals surface area contributed by atoms with Crippen molar-refractivity contribution in [1.29, 1.82) is 0 Å². The minimum atomic E-state index is -0.502. The van der Waals surface area contributed by atoms with Crippen molar-refractivity contribution < 1.29 is 28.6 Å². The van der Waals surface area contributed by atoms with E-state index in [1.54, 1.807) is 37.1 Å². The van der Waals surface area contributed by atoms with Crippen LogP contribution >= 0.6 is 0 Å². The Hall–Kier alpha value is -4.44. The van der Waals surface area contributed by atoms with Gasteiger partial charge in [-0.15, -0.1) is 0 Å². The Kier molecular flexibility index (Phi) is 9.57. The van der Waals surface area contributed by atoms with Crippen LogP contribution in [-0.2, 0) is 11.2 Å². The van der Waals surface area contributed by atoms with E-state index in [0.29, 0.717) is 17.1 Å². The Balaban J connectivity index is 1.54. The zero-order valence-electron chi connectivity index (χ0n) is 23.3. The van der Waals surface area contributed by atoms with Crippen LogP contribution in [0.2, 0.25) is 0 Å². The van der Waals surface area contributed by atoms with E-state index in [1.165, 1.54) is 29.2 Å². The molecule has 0 saturated carbocycles. The van der Waals surface area contributed by atoms with Crippen LogP contribution in [0.15, 0.2) is 72.8 Å². The van der Waals surface area contributed by atoms with E-state index >= 15 is 0 Å². The summed E-state index contributed by atoms with van der Waals surface area (Å²) in [6.07, 6.45) is -0.320. The van der Waals surface area contributed by atoms with Gasteiger partial charge in [0, 0.05) is 30.9 Å². The Morgan fingerprint density at radius 1 is 1.07 bits per heavy atom. The fourth-order valence-electron chi connectivity index (χ4n) is 4.61. The number of aliphatic hydroxyl groups excluding tert-OH is 1. The minimum absolute atomic E-state index is 0.182. The predicted octanol–water partition coefficient (Wildman–Crippen LogP) is 4.39. The Labute approximate surface area is 238 Å². The summed E-state index contributed by atoms with van der Waals surface area (Å²) in [4.78, 5) is 42.2. The summed E-state index contributed by atoms with van der Waals surface area (Å²) in [5.41, 5.74) is 2.01. The Bertz CT molecular complexity index is 1370. The zero-order chi connectivity index (χ0) is 29.5. The van der Waals surface area contributed by atoms with Gasteiger partial charge in [0.25, 0.3) is 5.91 Å². The average molecular weight is 563 g/mol. The number of aliphatic hydroxyl groups is 1. The van der Waals surface area contributed by atoms with Crippen LogP contribution in [0.4, 0.5) is 20.6 Å². The lowest BCUT2D eigenvalue weighted by molar-refractivity contribution is -0.115. The number of nitrogens with one attached hydrogen (secondary N) is 2. The van der Waals surface area contributed by atoms with Crippen molar-refractivity contribution in [1.82, 2.24) is 9.80 Å². The molecular weight excluding hydrogens is 527 g/mol. The number of benzene rings is 3. The van der Waals surface area contributed by atoms with Crippen molar-refractivity contribution in [2.24, 2.45) is 5.92 Å². The van der Waals surface area contributed by atoms with Gasteiger partial charge in [-0.25, -0.2) is 9.18 Å². The van der Waals surface area contributed by atoms with Crippen molar-refractivity contribution in [3.63, 3.8) is 0 Å². The van der Waals surface area contributed by atoms with Crippen molar-refractivity contribution in [3.8, 4) is 5.75 Å². The molecule has 1 heterocycles. The highest BCUT2D eigenvalue weighted by atomic mass is 19.1.